The highest BCUT2D eigenvalue weighted by Crippen LogP contribution is 2.30. The molecule has 1 fully saturated rings. The summed E-state index contributed by atoms with van der Waals surface area (Å²) in [5.41, 5.74) is -1.02. The van der Waals surface area contributed by atoms with Crippen LogP contribution in [0.15, 0.2) is 12.4 Å². The van der Waals surface area contributed by atoms with Gasteiger partial charge in [-0.1, -0.05) is 0 Å². The van der Waals surface area contributed by atoms with Gasteiger partial charge in [0.25, 0.3) is 0 Å². The fourth-order valence-corrected chi connectivity index (χ4v) is 1.84. The largest absolute Gasteiger partial charge is 0.481 e. The van der Waals surface area contributed by atoms with Gasteiger partial charge in [0.1, 0.15) is 17.8 Å². The number of halogens is 3. The normalized spacial score (nSPS) is 20.2. The van der Waals surface area contributed by atoms with Gasteiger partial charge >= 0.3 is 12.1 Å². The molecule has 0 bridgehead atoms. The molecule has 18 heavy (non-hydrogen) atoms. The quantitative estimate of drug-likeness (QED) is 0.871. The van der Waals surface area contributed by atoms with Crippen molar-refractivity contribution in [3.05, 3.63) is 18.1 Å². The maximum atomic E-state index is 12.5. The van der Waals surface area contributed by atoms with E-state index in [4.69, 9.17) is 5.11 Å². The van der Waals surface area contributed by atoms with Crippen LogP contribution in [-0.4, -0.2) is 34.1 Å². The molecule has 2 rings (SSSR count). The molecule has 1 atom stereocenters. The lowest BCUT2D eigenvalue weighted by Gasteiger charge is -2.17. The van der Waals surface area contributed by atoms with E-state index in [0.717, 1.165) is 12.4 Å². The molecule has 8 heteroatoms. The van der Waals surface area contributed by atoms with E-state index >= 15 is 0 Å². The van der Waals surface area contributed by atoms with E-state index < -0.39 is 23.8 Å². The molecule has 1 aromatic heterocycles. The zero-order valence-electron chi connectivity index (χ0n) is 9.18. The number of carboxylic acids is 1. The van der Waals surface area contributed by atoms with E-state index in [2.05, 4.69) is 9.97 Å². The third kappa shape index (κ3) is 2.52. The summed E-state index contributed by atoms with van der Waals surface area (Å²) in [5, 5.41) is 8.82. The first-order valence-electron chi connectivity index (χ1n) is 5.25. The monoisotopic (exact) mass is 261 g/mol. The lowest BCUT2D eigenvalue weighted by molar-refractivity contribution is -0.142. The van der Waals surface area contributed by atoms with Crippen LogP contribution >= 0.6 is 0 Å². The van der Waals surface area contributed by atoms with Crippen LogP contribution < -0.4 is 4.90 Å². The number of hydrogen-bond donors (Lipinski definition) is 1. The van der Waals surface area contributed by atoms with E-state index in [1.54, 1.807) is 0 Å². The second-order valence-corrected chi connectivity index (χ2v) is 4.03. The number of aliphatic carboxylic acids is 1. The first-order chi connectivity index (χ1) is 8.38. The minimum absolute atomic E-state index is 0.112. The van der Waals surface area contributed by atoms with E-state index in [0.29, 0.717) is 13.0 Å². The Hall–Kier alpha value is -1.86. The van der Waals surface area contributed by atoms with Crippen LogP contribution in [0.3, 0.4) is 0 Å². The number of anilines is 1. The molecule has 0 saturated carbocycles. The Balaban J connectivity index is 2.18. The van der Waals surface area contributed by atoms with Crippen molar-refractivity contribution in [1.29, 1.82) is 0 Å². The predicted molar refractivity (Wildman–Crippen MR) is 55.0 cm³/mol. The lowest BCUT2D eigenvalue weighted by Crippen LogP contribution is -2.24. The van der Waals surface area contributed by atoms with E-state index in [-0.39, 0.29) is 12.4 Å². The maximum Gasteiger partial charge on any atom is 0.433 e. The van der Waals surface area contributed by atoms with Crippen molar-refractivity contribution in [3.8, 4) is 0 Å². The maximum absolute atomic E-state index is 12.5. The van der Waals surface area contributed by atoms with Crippen molar-refractivity contribution in [1.82, 2.24) is 9.97 Å². The Labute approximate surface area is 100 Å². The Bertz CT molecular complexity index is 464. The molecule has 1 saturated heterocycles. The zero-order chi connectivity index (χ0) is 13.3. The summed E-state index contributed by atoms with van der Waals surface area (Å²) in [7, 11) is 0. The minimum atomic E-state index is -4.52. The molecular formula is C10H10F3N3O2. The van der Waals surface area contributed by atoms with Gasteiger partial charge < -0.3 is 10.0 Å². The van der Waals surface area contributed by atoms with Crippen LogP contribution in [0.4, 0.5) is 19.0 Å². The van der Waals surface area contributed by atoms with Gasteiger partial charge in [0.2, 0.25) is 0 Å². The second kappa shape index (κ2) is 4.43. The topological polar surface area (TPSA) is 66.3 Å². The summed E-state index contributed by atoms with van der Waals surface area (Å²) < 4.78 is 37.4. The van der Waals surface area contributed by atoms with Gasteiger partial charge in [0.15, 0.2) is 0 Å². The van der Waals surface area contributed by atoms with Crippen LogP contribution in [0.5, 0.6) is 0 Å². The second-order valence-electron chi connectivity index (χ2n) is 4.03. The van der Waals surface area contributed by atoms with Gasteiger partial charge in [0.05, 0.1) is 5.92 Å². The number of carbonyl (C=O) groups is 1. The average molecular weight is 261 g/mol. The summed E-state index contributed by atoms with van der Waals surface area (Å²) >= 11 is 0. The SMILES string of the molecule is O=C(O)C1CCN(c2cc(C(F)(F)F)ncn2)C1. The number of hydrogen-bond acceptors (Lipinski definition) is 4. The molecule has 0 aliphatic carbocycles. The average Bonchev–Trinajstić information content (AvgIpc) is 2.77. The Kier molecular flexibility index (Phi) is 3.10. The Morgan fingerprint density at radius 2 is 2.17 bits per heavy atom. The lowest BCUT2D eigenvalue weighted by atomic mass is 10.1. The summed E-state index contributed by atoms with van der Waals surface area (Å²) in [6.07, 6.45) is -3.28. The molecule has 0 spiro atoms. The number of nitrogens with zero attached hydrogens (tertiary/aromatic N) is 3. The molecular weight excluding hydrogens is 251 g/mol. The van der Waals surface area contributed by atoms with Crippen LogP contribution in [-0.2, 0) is 11.0 Å². The fourth-order valence-electron chi connectivity index (χ4n) is 1.84. The standard InChI is InChI=1S/C10H10F3N3O2/c11-10(12,13)7-3-8(15-5-14-7)16-2-1-6(4-16)9(17)18/h3,5-6H,1-2,4H2,(H,17,18). The molecule has 1 aliphatic heterocycles. The predicted octanol–water partition coefficient (Wildman–Crippen LogP) is 1.41. The Morgan fingerprint density at radius 3 is 2.72 bits per heavy atom. The van der Waals surface area contributed by atoms with Crippen molar-refractivity contribution in [2.75, 3.05) is 18.0 Å². The fraction of sp³-hybridized carbons (Fsp3) is 0.500. The number of alkyl halides is 3. The third-order valence-corrected chi connectivity index (χ3v) is 2.80. The van der Waals surface area contributed by atoms with Crippen LogP contribution in [0.25, 0.3) is 0 Å². The van der Waals surface area contributed by atoms with E-state index in [1.165, 1.54) is 4.90 Å². The summed E-state index contributed by atoms with van der Waals surface area (Å²) in [6.45, 7) is 0.551. The zero-order valence-corrected chi connectivity index (χ0v) is 9.18. The molecule has 1 aromatic rings. The third-order valence-electron chi connectivity index (χ3n) is 2.80. The van der Waals surface area contributed by atoms with Crippen molar-refractivity contribution in [2.24, 2.45) is 5.92 Å². The molecule has 0 radical (unpaired) electrons. The Morgan fingerprint density at radius 1 is 1.44 bits per heavy atom. The van der Waals surface area contributed by atoms with Crippen LogP contribution in [0, 0.1) is 5.92 Å². The van der Waals surface area contributed by atoms with Gasteiger partial charge in [-0.3, -0.25) is 4.79 Å². The molecule has 1 N–H and O–H groups in total. The molecule has 1 aliphatic rings. The smallest absolute Gasteiger partial charge is 0.433 e. The summed E-state index contributed by atoms with van der Waals surface area (Å²) in [5.74, 6) is -1.39. The first kappa shape index (κ1) is 12.6. The van der Waals surface area contributed by atoms with E-state index in [9.17, 15) is 18.0 Å². The number of rotatable bonds is 2. The molecule has 2 heterocycles. The molecule has 5 nitrogen and oxygen atoms in total. The van der Waals surface area contributed by atoms with Crippen molar-refractivity contribution >= 4 is 11.8 Å². The van der Waals surface area contributed by atoms with Gasteiger partial charge in [-0.2, -0.15) is 13.2 Å². The number of carboxylic acid groups (broad SMARTS) is 1. The van der Waals surface area contributed by atoms with Gasteiger partial charge in [-0.05, 0) is 6.42 Å². The molecule has 98 valence electrons. The van der Waals surface area contributed by atoms with E-state index in [1.807, 2.05) is 0 Å². The van der Waals surface area contributed by atoms with Crippen LogP contribution in [0.1, 0.15) is 12.1 Å². The minimum Gasteiger partial charge on any atom is -0.481 e. The van der Waals surface area contributed by atoms with Gasteiger partial charge in [0, 0.05) is 19.2 Å². The van der Waals surface area contributed by atoms with Crippen molar-refractivity contribution in [2.45, 2.75) is 12.6 Å². The first-order valence-corrected chi connectivity index (χ1v) is 5.25. The highest BCUT2D eigenvalue weighted by atomic mass is 19.4. The van der Waals surface area contributed by atoms with Crippen LogP contribution in [0.2, 0.25) is 0 Å². The van der Waals surface area contributed by atoms with Crippen molar-refractivity contribution < 1.29 is 23.1 Å². The number of aromatic nitrogens is 2. The molecule has 0 aromatic carbocycles. The molecule has 0 amide bonds. The summed E-state index contributed by atoms with van der Waals surface area (Å²) in [4.78, 5) is 19.2. The molecule has 1 unspecified atom stereocenters. The highest BCUT2D eigenvalue weighted by Gasteiger charge is 2.34. The van der Waals surface area contributed by atoms with Gasteiger partial charge in [-0.15, -0.1) is 0 Å². The highest BCUT2D eigenvalue weighted by molar-refractivity contribution is 5.71. The summed E-state index contributed by atoms with van der Waals surface area (Å²) in [6, 6.07) is 0.838. The van der Waals surface area contributed by atoms with Gasteiger partial charge in [-0.25, -0.2) is 9.97 Å². The van der Waals surface area contributed by atoms with Crippen molar-refractivity contribution in [3.63, 3.8) is 0 Å².